The number of hydrogen-bond acceptors (Lipinski definition) is 11. The maximum absolute atomic E-state index is 13.5. The van der Waals surface area contributed by atoms with Crippen molar-refractivity contribution in [2.24, 2.45) is 5.16 Å². The molecule has 1 aliphatic rings. The molecule has 2 N–H and O–H groups in total. The Morgan fingerprint density at radius 1 is 1.23 bits per heavy atom. The molecule has 224 valence electrons. The van der Waals surface area contributed by atoms with Crippen LogP contribution < -0.4 is 14.9 Å². The fraction of sp³-hybridized carbons (Fsp3) is 0.310. The number of carbonyl (C=O) groups excluding carboxylic acids is 1. The lowest BCUT2D eigenvalue weighted by molar-refractivity contribution is -0.132. The maximum atomic E-state index is 13.5. The highest BCUT2D eigenvalue weighted by molar-refractivity contribution is 7.99. The van der Waals surface area contributed by atoms with Crippen molar-refractivity contribution in [3.05, 3.63) is 66.0 Å². The molecule has 0 spiro atoms. The average Bonchev–Trinajstić information content (AvgIpc) is 3.46. The Bertz CT molecular complexity index is 1570. The van der Waals surface area contributed by atoms with Gasteiger partial charge < -0.3 is 24.7 Å². The molecular formula is C29H32FN9O3S. The van der Waals surface area contributed by atoms with Crippen molar-refractivity contribution < 1.29 is 18.8 Å². The van der Waals surface area contributed by atoms with Crippen LogP contribution in [0.4, 0.5) is 16.2 Å². The summed E-state index contributed by atoms with van der Waals surface area (Å²) >= 11 is 1.44. The van der Waals surface area contributed by atoms with E-state index in [4.69, 9.17) is 9.57 Å². The number of aromatic amines is 1. The van der Waals surface area contributed by atoms with Gasteiger partial charge in [-0.25, -0.2) is 14.4 Å². The SMILES string of the molecule is C=NOc1nccc(Sc2cnc(Nc3n[nH]c(C4CCN(C(=O)CN(C)C)CC4)n3)c(Oc3ccc(F)cc3)c2)c1C. The zero-order valence-corrected chi connectivity index (χ0v) is 24.9. The molecule has 4 aromatic rings. The number of rotatable bonds is 11. The number of ether oxygens (including phenoxy) is 1. The Morgan fingerprint density at radius 3 is 2.72 bits per heavy atom. The first-order valence-corrected chi connectivity index (χ1v) is 14.4. The van der Waals surface area contributed by atoms with Crippen molar-refractivity contribution in [3.63, 3.8) is 0 Å². The number of aromatic nitrogens is 5. The molecule has 0 bridgehead atoms. The molecule has 12 nitrogen and oxygen atoms in total. The Balaban J connectivity index is 1.33. The molecule has 0 unspecified atom stereocenters. The van der Waals surface area contributed by atoms with Crippen molar-refractivity contribution in [3.8, 4) is 17.4 Å². The molecule has 1 aromatic carbocycles. The molecular weight excluding hydrogens is 573 g/mol. The van der Waals surface area contributed by atoms with Crippen molar-refractivity contribution in [2.75, 3.05) is 39.0 Å². The normalized spacial score (nSPS) is 13.7. The van der Waals surface area contributed by atoms with Gasteiger partial charge in [0.1, 0.15) is 17.4 Å². The van der Waals surface area contributed by atoms with Crippen LogP contribution in [0.5, 0.6) is 17.4 Å². The molecule has 1 amide bonds. The Hall–Kier alpha value is -4.56. The fourth-order valence-electron chi connectivity index (χ4n) is 4.57. The van der Waals surface area contributed by atoms with Crippen LogP contribution in [0.3, 0.4) is 0 Å². The summed E-state index contributed by atoms with van der Waals surface area (Å²) in [5, 5.41) is 14.0. The number of piperidine rings is 1. The maximum Gasteiger partial charge on any atom is 0.252 e. The van der Waals surface area contributed by atoms with Crippen LogP contribution in [0.15, 0.2) is 63.7 Å². The molecule has 4 heterocycles. The van der Waals surface area contributed by atoms with Crippen LogP contribution in [-0.2, 0) is 4.79 Å². The number of pyridine rings is 2. The highest BCUT2D eigenvalue weighted by Gasteiger charge is 2.26. The smallest absolute Gasteiger partial charge is 0.252 e. The minimum absolute atomic E-state index is 0.131. The Morgan fingerprint density at radius 2 is 2.00 bits per heavy atom. The van der Waals surface area contributed by atoms with Crippen molar-refractivity contribution in [1.29, 1.82) is 0 Å². The third kappa shape index (κ3) is 7.64. The number of carbonyl (C=O) groups is 1. The zero-order chi connectivity index (χ0) is 30.3. The molecule has 0 aliphatic carbocycles. The van der Waals surface area contributed by atoms with Crippen LogP contribution in [0.2, 0.25) is 0 Å². The summed E-state index contributed by atoms with van der Waals surface area (Å²) in [6.07, 6.45) is 4.91. The average molecular weight is 606 g/mol. The third-order valence-electron chi connectivity index (χ3n) is 6.77. The summed E-state index contributed by atoms with van der Waals surface area (Å²) in [7, 11) is 3.78. The number of benzene rings is 1. The van der Waals surface area contributed by atoms with E-state index in [1.165, 1.54) is 23.9 Å². The van der Waals surface area contributed by atoms with Crippen molar-refractivity contribution >= 4 is 36.2 Å². The molecule has 0 radical (unpaired) electrons. The summed E-state index contributed by atoms with van der Waals surface area (Å²) in [5.74, 6) is 2.58. The number of halogens is 1. The molecule has 0 saturated carbocycles. The molecule has 1 aliphatic heterocycles. The number of nitrogens with one attached hydrogen (secondary N) is 2. The first kappa shape index (κ1) is 29.9. The Labute approximate surface area is 252 Å². The highest BCUT2D eigenvalue weighted by Crippen LogP contribution is 2.38. The van der Waals surface area contributed by atoms with Gasteiger partial charge in [-0.1, -0.05) is 16.9 Å². The van der Waals surface area contributed by atoms with E-state index in [2.05, 4.69) is 42.3 Å². The lowest BCUT2D eigenvalue weighted by Crippen LogP contribution is -2.42. The van der Waals surface area contributed by atoms with Gasteiger partial charge in [0, 0.05) is 59.5 Å². The summed E-state index contributed by atoms with van der Waals surface area (Å²) < 4.78 is 19.7. The second-order valence-electron chi connectivity index (χ2n) is 10.2. The van der Waals surface area contributed by atoms with Crippen LogP contribution in [0.25, 0.3) is 0 Å². The second-order valence-corrected chi connectivity index (χ2v) is 11.3. The first-order chi connectivity index (χ1) is 20.8. The standard InChI is InChI=1S/C29H32FN9O3S/c1-18-24(9-12-32-28(18)42-31-2)43-22-15-23(41-21-7-5-20(30)6-8-21)27(33-16-22)35-29-34-26(36-37-29)19-10-13-39(14-11-19)25(40)17-38(3)4/h5-9,12,15-16,19H,2,10-11,13-14,17H2,1,3-4H3,(H2,33,34,35,36,37). The minimum atomic E-state index is -0.366. The molecule has 43 heavy (non-hydrogen) atoms. The zero-order valence-electron chi connectivity index (χ0n) is 24.1. The second kappa shape index (κ2) is 13.6. The molecule has 14 heteroatoms. The van der Waals surface area contributed by atoms with E-state index in [0.717, 1.165) is 34.0 Å². The van der Waals surface area contributed by atoms with Gasteiger partial charge in [0.05, 0.1) is 6.54 Å². The van der Waals surface area contributed by atoms with Crippen LogP contribution in [0, 0.1) is 12.7 Å². The molecule has 5 rings (SSSR count). The van der Waals surface area contributed by atoms with Gasteiger partial charge >= 0.3 is 0 Å². The van der Waals surface area contributed by atoms with E-state index in [1.54, 1.807) is 24.5 Å². The van der Waals surface area contributed by atoms with Gasteiger partial charge in [-0.2, -0.15) is 4.98 Å². The van der Waals surface area contributed by atoms with E-state index in [9.17, 15) is 9.18 Å². The predicted octanol–water partition coefficient (Wildman–Crippen LogP) is 4.99. The largest absolute Gasteiger partial charge is 0.453 e. The number of amides is 1. The lowest BCUT2D eigenvalue weighted by Gasteiger charge is -2.31. The molecule has 0 atom stereocenters. The van der Waals surface area contributed by atoms with E-state index in [-0.39, 0.29) is 17.6 Å². The van der Waals surface area contributed by atoms with Crippen LogP contribution >= 0.6 is 11.8 Å². The Kier molecular flexibility index (Phi) is 9.47. The molecule has 3 aromatic heterocycles. The number of H-pyrrole nitrogens is 1. The van der Waals surface area contributed by atoms with E-state index in [0.29, 0.717) is 48.8 Å². The predicted molar refractivity (Wildman–Crippen MR) is 161 cm³/mol. The first-order valence-electron chi connectivity index (χ1n) is 13.6. The molecule has 1 saturated heterocycles. The number of anilines is 2. The quantitative estimate of drug-likeness (QED) is 0.178. The highest BCUT2D eigenvalue weighted by atomic mass is 32.2. The van der Waals surface area contributed by atoms with Crippen molar-refractivity contribution in [1.82, 2.24) is 34.9 Å². The van der Waals surface area contributed by atoms with Gasteiger partial charge in [0.2, 0.25) is 11.9 Å². The van der Waals surface area contributed by atoms with Gasteiger partial charge in [0.25, 0.3) is 5.88 Å². The monoisotopic (exact) mass is 605 g/mol. The number of likely N-dealkylation sites (tertiary alicyclic amines) is 1. The number of nitrogens with zero attached hydrogens (tertiary/aromatic N) is 7. The van der Waals surface area contributed by atoms with E-state index >= 15 is 0 Å². The van der Waals surface area contributed by atoms with Gasteiger partial charge in [-0.15, -0.1) is 5.10 Å². The summed E-state index contributed by atoms with van der Waals surface area (Å²) in [6, 6.07) is 9.41. The van der Waals surface area contributed by atoms with E-state index in [1.807, 2.05) is 43.0 Å². The summed E-state index contributed by atoms with van der Waals surface area (Å²) in [6.45, 7) is 6.98. The van der Waals surface area contributed by atoms with Gasteiger partial charge in [-0.3, -0.25) is 9.89 Å². The third-order valence-corrected chi connectivity index (χ3v) is 7.90. The van der Waals surface area contributed by atoms with Crippen LogP contribution in [0.1, 0.15) is 30.1 Å². The summed E-state index contributed by atoms with van der Waals surface area (Å²) in [4.78, 5) is 36.4. The van der Waals surface area contributed by atoms with E-state index < -0.39 is 0 Å². The number of hydrogen-bond donors (Lipinski definition) is 2. The minimum Gasteiger partial charge on any atom is -0.453 e. The topological polar surface area (TPSA) is 134 Å². The number of likely N-dealkylation sites (N-methyl/N-ethyl adjacent to an activating group) is 1. The van der Waals surface area contributed by atoms with Crippen molar-refractivity contribution in [2.45, 2.75) is 35.5 Å². The van der Waals surface area contributed by atoms with Gasteiger partial charge in [-0.05, 0) is 64.2 Å². The fourth-order valence-corrected chi connectivity index (χ4v) is 5.46. The lowest BCUT2D eigenvalue weighted by atomic mass is 9.96. The molecule has 1 fully saturated rings. The van der Waals surface area contributed by atoms with Gasteiger partial charge in [0.15, 0.2) is 11.6 Å². The number of oxime groups is 1. The summed E-state index contributed by atoms with van der Waals surface area (Å²) in [5.41, 5.74) is 0.796. The van der Waals surface area contributed by atoms with Crippen LogP contribution in [-0.4, -0.2) is 81.3 Å².